The van der Waals surface area contributed by atoms with Crippen molar-refractivity contribution >= 4 is 11.7 Å². The molecule has 2 heterocycles. The molecule has 0 saturated heterocycles. The minimum absolute atomic E-state index is 0.0818. The lowest BCUT2D eigenvalue weighted by atomic mass is 10.2. The summed E-state index contributed by atoms with van der Waals surface area (Å²) in [6, 6.07) is 3.56. The Morgan fingerprint density at radius 3 is 3.00 bits per heavy atom. The Bertz CT molecular complexity index is 553. The van der Waals surface area contributed by atoms with Crippen LogP contribution < -0.4 is 10.6 Å². The van der Waals surface area contributed by atoms with Crippen molar-refractivity contribution in [1.29, 1.82) is 0 Å². The minimum atomic E-state index is -0.0818. The van der Waals surface area contributed by atoms with Crippen molar-refractivity contribution in [2.45, 2.75) is 26.3 Å². The first kappa shape index (κ1) is 15.0. The second-order valence-corrected chi connectivity index (χ2v) is 4.69. The zero-order valence-electron chi connectivity index (χ0n) is 12.2. The van der Waals surface area contributed by atoms with Gasteiger partial charge in [-0.25, -0.2) is 9.97 Å². The summed E-state index contributed by atoms with van der Waals surface area (Å²) in [4.78, 5) is 20.3. The molecule has 112 valence electrons. The van der Waals surface area contributed by atoms with E-state index in [0.717, 1.165) is 25.9 Å². The number of nitrogens with one attached hydrogen (secondary N) is 2. The van der Waals surface area contributed by atoms with Crippen LogP contribution in [0.25, 0.3) is 0 Å². The highest BCUT2D eigenvalue weighted by Crippen LogP contribution is 2.10. The van der Waals surface area contributed by atoms with E-state index in [0.29, 0.717) is 17.9 Å². The highest BCUT2D eigenvalue weighted by molar-refractivity contribution is 5.98. The van der Waals surface area contributed by atoms with Gasteiger partial charge in [-0.15, -0.1) is 0 Å². The topological polar surface area (TPSA) is 71.8 Å². The van der Waals surface area contributed by atoms with Crippen LogP contribution in [0.4, 0.5) is 5.82 Å². The number of carbonyl (C=O) groups excluding carboxylic acids is 1. The molecule has 21 heavy (non-hydrogen) atoms. The Kier molecular flexibility index (Phi) is 5.75. The van der Waals surface area contributed by atoms with Crippen LogP contribution >= 0.6 is 0 Å². The van der Waals surface area contributed by atoms with Crippen molar-refractivity contribution in [3.63, 3.8) is 0 Å². The van der Waals surface area contributed by atoms with Crippen LogP contribution in [0.3, 0.4) is 0 Å². The normalized spacial score (nSPS) is 10.3. The van der Waals surface area contributed by atoms with E-state index in [1.54, 1.807) is 30.9 Å². The fourth-order valence-corrected chi connectivity index (χ4v) is 2.03. The first-order valence-electron chi connectivity index (χ1n) is 7.24. The standard InChI is InChI=1S/C15H21N5O/c1-2-17-14-13(6-5-8-18-14)15(21)19-7-3-4-10-20-11-9-16-12-20/h5-6,8-9,11-12H,2-4,7,10H2,1H3,(H,17,18)(H,19,21). The number of hydrogen-bond donors (Lipinski definition) is 2. The van der Waals surface area contributed by atoms with Crippen LogP contribution in [0, 0.1) is 0 Å². The lowest BCUT2D eigenvalue weighted by molar-refractivity contribution is 0.0953. The molecule has 0 aliphatic rings. The van der Waals surface area contributed by atoms with Crippen LogP contribution in [-0.4, -0.2) is 33.5 Å². The number of nitrogens with zero attached hydrogens (tertiary/aromatic N) is 3. The van der Waals surface area contributed by atoms with Gasteiger partial charge in [-0.3, -0.25) is 4.79 Å². The molecular formula is C15H21N5O. The predicted octanol–water partition coefficient (Wildman–Crippen LogP) is 1.92. The Balaban J connectivity index is 1.74. The number of aryl methyl sites for hydroxylation is 1. The van der Waals surface area contributed by atoms with Crippen molar-refractivity contribution in [1.82, 2.24) is 19.9 Å². The van der Waals surface area contributed by atoms with Crippen LogP contribution in [-0.2, 0) is 6.54 Å². The number of amides is 1. The molecule has 0 spiro atoms. The molecule has 2 rings (SSSR count). The number of aromatic nitrogens is 3. The maximum Gasteiger partial charge on any atom is 0.255 e. The second-order valence-electron chi connectivity index (χ2n) is 4.69. The summed E-state index contributed by atoms with van der Waals surface area (Å²) >= 11 is 0. The zero-order valence-corrected chi connectivity index (χ0v) is 12.2. The minimum Gasteiger partial charge on any atom is -0.370 e. The van der Waals surface area contributed by atoms with Crippen LogP contribution in [0.1, 0.15) is 30.1 Å². The van der Waals surface area contributed by atoms with Crippen molar-refractivity contribution in [2.75, 3.05) is 18.4 Å². The zero-order chi connectivity index (χ0) is 14.9. The molecule has 0 fully saturated rings. The summed E-state index contributed by atoms with van der Waals surface area (Å²) in [5, 5.41) is 6.03. The molecule has 0 unspecified atom stereocenters. The van der Waals surface area contributed by atoms with Gasteiger partial charge in [0, 0.05) is 38.2 Å². The number of imidazole rings is 1. The molecule has 2 aromatic rings. The Morgan fingerprint density at radius 2 is 2.24 bits per heavy atom. The maximum atomic E-state index is 12.1. The summed E-state index contributed by atoms with van der Waals surface area (Å²) in [6.07, 6.45) is 9.13. The summed E-state index contributed by atoms with van der Waals surface area (Å²) in [5.74, 6) is 0.553. The fourth-order valence-electron chi connectivity index (χ4n) is 2.03. The third kappa shape index (κ3) is 4.59. The summed E-state index contributed by atoms with van der Waals surface area (Å²) in [6.45, 7) is 4.30. The molecule has 0 aromatic carbocycles. The second kappa shape index (κ2) is 8.04. The molecule has 6 nitrogen and oxygen atoms in total. The lowest BCUT2D eigenvalue weighted by Crippen LogP contribution is -2.26. The van der Waals surface area contributed by atoms with Crippen LogP contribution in [0.2, 0.25) is 0 Å². The van der Waals surface area contributed by atoms with E-state index in [4.69, 9.17) is 0 Å². The number of rotatable bonds is 8. The van der Waals surface area contributed by atoms with Gasteiger partial charge in [0.25, 0.3) is 5.91 Å². The molecule has 0 atom stereocenters. The molecule has 0 aliphatic heterocycles. The smallest absolute Gasteiger partial charge is 0.255 e. The van der Waals surface area contributed by atoms with Crippen LogP contribution in [0.15, 0.2) is 37.1 Å². The third-order valence-electron chi connectivity index (χ3n) is 3.08. The molecule has 6 heteroatoms. The van der Waals surface area contributed by atoms with Gasteiger partial charge in [0.05, 0.1) is 11.9 Å². The molecule has 0 aliphatic carbocycles. The number of carbonyl (C=O) groups is 1. The summed E-state index contributed by atoms with van der Waals surface area (Å²) in [5.41, 5.74) is 0.592. The van der Waals surface area contributed by atoms with Crippen molar-refractivity contribution in [3.05, 3.63) is 42.6 Å². The van der Waals surface area contributed by atoms with Gasteiger partial charge in [-0.2, -0.15) is 0 Å². The number of unbranched alkanes of at least 4 members (excludes halogenated alkanes) is 1. The van der Waals surface area contributed by atoms with E-state index in [-0.39, 0.29) is 5.91 Å². The van der Waals surface area contributed by atoms with Gasteiger partial charge in [0.2, 0.25) is 0 Å². The summed E-state index contributed by atoms with van der Waals surface area (Å²) < 4.78 is 2.03. The van der Waals surface area contributed by atoms with Gasteiger partial charge in [-0.1, -0.05) is 0 Å². The summed E-state index contributed by atoms with van der Waals surface area (Å²) in [7, 11) is 0. The van der Waals surface area contributed by atoms with Crippen LogP contribution in [0.5, 0.6) is 0 Å². The number of anilines is 1. The first-order valence-corrected chi connectivity index (χ1v) is 7.24. The number of hydrogen-bond acceptors (Lipinski definition) is 4. The quantitative estimate of drug-likeness (QED) is 0.728. The van der Waals surface area contributed by atoms with Crippen molar-refractivity contribution in [2.24, 2.45) is 0 Å². The Hall–Kier alpha value is -2.37. The average Bonchev–Trinajstić information content (AvgIpc) is 3.01. The molecule has 1 amide bonds. The molecule has 2 N–H and O–H groups in total. The largest absolute Gasteiger partial charge is 0.370 e. The average molecular weight is 287 g/mol. The Morgan fingerprint density at radius 1 is 1.33 bits per heavy atom. The highest BCUT2D eigenvalue weighted by atomic mass is 16.1. The predicted molar refractivity (Wildman–Crippen MR) is 82.2 cm³/mol. The van der Waals surface area contributed by atoms with Gasteiger partial charge in [0.1, 0.15) is 5.82 Å². The molecule has 0 radical (unpaired) electrons. The third-order valence-corrected chi connectivity index (χ3v) is 3.08. The van der Waals surface area contributed by atoms with E-state index in [1.807, 2.05) is 17.7 Å². The van der Waals surface area contributed by atoms with Crippen molar-refractivity contribution < 1.29 is 4.79 Å². The van der Waals surface area contributed by atoms with E-state index in [1.165, 1.54) is 0 Å². The van der Waals surface area contributed by atoms with Gasteiger partial charge in [0.15, 0.2) is 0 Å². The van der Waals surface area contributed by atoms with E-state index < -0.39 is 0 Å². The monoisotopic (exact) mass is 287 g/mol. The van der Waals surface area contributed by atoms with E-state index in [2.05, 4.69) is 20.6 Å². The first-order chi connectivity index (χ1) is 10.3. The molecule has 0 bridgehead atoms. The molecule has 2 aromatic heterocycles. The van der Waals surface area contributed by atoms with Gasteiger partial charge >= 0.3 is 0 Å². The Labute approximate surface area is 124 Å². The van der Waals surface area contributed by atoms with Gasteiger partial charge < -0.3 is 15.2 Å². The maximum absolute atomic E-state index is 12.1. The van der Waals surface area contributed by atoms with Crippen molar-refractivity contribution in [3.8, 4) is 0 Å². The fraction of sp³-hybridized carbons (Fsp3) is 0.400. The van der Waals surface area contributed by atoms with E-state index in [9.17, 15) is 4.79 Å². The number of pyridine rings is 1. The lowest BCUT2D eigenvalue weighted by Gasteiger charge is -2.10. The molecule has 0 saturated carbocycles. The van der Waals surface area contributed by atoms with E-state index >= 15 is 0 Å². The SMILES string of the molecule is CCNc1ncccc1C(=O)NCCCCn1ccnc1. The molecular weight excluding hydrogens is 266 g/mol. The highest BCUT2D eigenvalue weighted by Gasteiger charge is 2.10. The van der Waals surface area contributed by atoms with Gasteiger partial charge in [-0.05, 0) is 31.9 Å².